The van der Waals surface area contributed by atoms with Gasteiger partial charge >= 0.3 is 0 Å². The highest BCUT2D eigenvalue weighted by molar-refractivity contribution is 5.84. The van der Waals surface area contributed by atoms with E-state index in [9.17, 15) is 9.59 Å². The lowest BCUT2D eigenvalue weighted by Crippen LogP contribution is -2.40. The maximum Gasteiger partial charge on any atom is 0.237 e. The van der Waals surface area contributed by atoms with Gasteiger partial charge in [0.05, 0.1) is 25.0 Å². The first-order chi connectivity index (χ1) is 7.49. The second-order valence-electron chi connectivity index (χ2n) is 3.24. The van der Waals surface area contributed by atoms with Gasteiger partial charge in [0.15, 0.2) is 0 Å². The minimum Gasteiger partial charge on any atom is -0.397 e. The van der Waals surface area contributed by atoms with E-state index in [2.05, 4.69) is 4.98 Å². The van der Waals surface area contributed by atoms with Crippen molar-refractivity contribution in [2.75, 3.05) is 23.7 Å². The number of pyridine rings is 1. The van der Waals surface area contributed by atoms with Gasteiger partial charge in [0.1, 0.15) is 5.82 Å². The van der Waals surface area contributed by atoms with Gasteiger partial charge in [0, 0.05) is 0 Å². The molecule has 0 saturated heterocycles. The molecule has 0 radical (unpaired) electrons. The number of primary amides is 2. The molecule has 7 nitrogen and oxygen atoms in total. The molecule has 0 aromatic carbocycles. The Morgan fingerprint density at radius 1 is 1.19 bits per heavy atom. The number of hydrogen-bond donors (Lipinski definition) is 3. The van der Waals surface area contributed by atoms with Crippen molar-refractivity contribution in [1.29, 1.82) is 0 Å². The van der Waals surface area contributed by atoms with Crippen molar-refractivity contribution in [3.05, 3.63) is 18.3 Å². The smallest absolute Gasteiger partial charge is 0.237 e. The zero-order valence-electron chi connectivity index (χ0n) is 8.59. The molecule has 1 aromatic heterocycles. The van der Waals surface area contributed by atoms with Crippen LogP contribution < -0.4 is 22.1 Å². The number of nitrogen functional groups attached to an aromatic ring is 1. The van der Waals surface area contributed by atoms with Crippen molar-refractivity contribution < 1.29 is 9.59 Å². The Labute approximate surface area is 92.2 Å². The number of hydrogen-bond acceptors (Lipinski definition) is 5. The van der Waals surface area contributed by atoms with Crippen molar-refractivity contribution in [1.82, 2.24) is 4.98 Å². The van der Waals surface area contributed by atoms with E-state index >= 15 is 0 Å². The maximum atomic E-state index is 10.8. The molecule has 1 aromatic rings. The standard InChI is InChI=1S/C9H13N5O2/c10-6-1-2-9(13-3-6)14(4-7(11)15)5-8(12)16/h1-3H,4-5,10H2,(H2,11,15)(H2,12,16). The summed E-state index contributed by atoms with van der Waals surface area (Å²) >= 11 is 0. The third-order valence-electron chi connectivity index (χ3n) is 1.79. The van der Waals surface area contributed by atoms with Crippen LogP contribution in [-0.2, 0) is 9.59 Å². The van der Waals surface area contributed by atoms with E-state index in [1.807, 2.05) is 0 Å². The molecular formula is C9H13N5O2. The first-order valence-corrected chi connectivity index (χ1v) is 4.52. The minimum atomic E-state index is -0.570. The van der Waals surface area contributed by atoms with E-state index < -0.39 is 11.8 Å². The first kappa shape index (κ1) is 11.8. The van der Waals surface area contributed by atoms with Crippen LogP contribution in [0.5, 0.6) is 0 Å². The van der Waals surface area contributed by atoms with Gasteiger partial charge in [-0.1, -0.05) is 0 Å². The van der Waals surface area contributed by atoms with Crippen LogP contribution in [0.15, 0.2) is 18.3 Å². The Morgan fingerprint density at radius 3 is 2.12 bits per heavy atom. The SMILES string of the molecule is NC(=O)CN(CC(N)=O)c1ccc(N)cn1. The molecule has 0 aliphatic rings. The monoisotopic (exact) mass is 223 g/mol. The number of aromatic nitrogens is 1. The highest BCUT2D eigenvalue weighted by atomic mass is 16.2. The molecule has 1 heterocycles. The zero-order valence-corrected chi connectivity index (χ0v) is 8.59. The molecule has 7 heteroatoms. The molecule has 0 bridgehead atoms. The molecule has 16 heavy (non-hydrogen) atoms. The Kier molecular flexibility index (Phi) is 3.65. The summed E-state index contributed by atoms with van der Waals surface area (Å²) in [6.45, 7) is -0.250. The Balaban J connectivity index is 2.86. The first-order valence-electron chi connectivity index (χ1n) is 4.52. The fraction of sp³-hybridized carbons (Fsp3) is 0.222. The van der Waals surface area contributed by atoms with Gasteiger partial charge in [-0.3, -0.25) is 9.59 Å². The molecule has 0 aliphatic heterocycles. The lowest BCUT2D eigenvalue weighted by molar-refractivity contribution is -0.117. The predicted molar refractivity (Wildman–Crippen MR) is 59.3 cm³/mol. The van der Waals surface area contributed by atoms with Crippen LogP contribution >= 0.6 is 0 Å². The predicted octanol–water partition coefficient (Wildman–Crippen LogP) is -1.56. The molecular weight excluding hydrogens is 210 g/mol. The Morgan fingerprint density at radius 2 is 1.75 bits per heavy atom. The van der Waals surface area contributed by atoms with Crippen LogP contribution in [0.1, 0.15) is 0 Å². The maximum absolute atomic E-state index is 10.8. The number of carbonyl (C=O) groups excluding carboxylic acids is 2. The fourth-order valence-electron chi connectivity index (χ4n) is 1.18. The molecule has 0 spiro atoms. The molecule has 2 amide bonds. The number of nitrogens with zero attached hydrogens (tertiary/aromatic N) is 2. The number of amides is 2. The van der Waals surface area contributed by atoms with Crippen molar-refractivity contribution in [2.24, 2.45) is 11.5 Å². The van der Waals surface area contributed by atoms with Gasteiger partial charge in [-0.25, -0.2) is 4.98 Å². The molecule has 0 unspecified atom stereocenters. The molecule has 0 aliphatic carbocycles. The average molecular weight is 223 g/mol. The number of nitrogens with two attached hydrogens (primary N) is 3. The molecule has 0 atom stereocenters. The summed E-state index contributed by atoms with van der Waals surface area (Å²) in [4.78, 5) is 27.0. The van der Waals surface area contributed by atoms with Gasteiger partial charge in [-0.2, -0.15) is 0 Å². The van der Waals surface area contributed by atoms with E-state index in [1.165, 1.54) is 11.1 Å². The van der Waals surface area contributed by atoms with Crippen molar-refractivity contribution in [3.63, 3.8) is 0 Å². The third kappa shape index (κ3) is 3.45. The molecule has 6 N–H and O–H groups in total. The van der Waals surface area contributed by atoms with Gasteiger partial charge in [0.2, 0.25) is 11.8 Å². The lowest BCUT2D eigenvalue weighted by atomic mass is 10.3. The molecule has 0 saturated carbocycles. The van der Waals surface area contributed by atoms with Gasteiger partial charge in [-0.05, 0) is 12.1 Å². The Bertz CT molecular complexity index is 373. The van der Waals surface area contributed by atoms with Crippen LogP contribution in [-0.4, -0.2) is 29.9 Å². The Hall–Kier alpha value is -2.31. The highest BCUT2D eigenvalue weighted by Gasteiger charge is 2.12. The van der Waals surface area contributed by atoms with Gasteiger partial charge < -0.3 is 22.1 Å². The number of carbonyl (C=O) groups is 2. The lowest BCUT2D eigenvalue weighted by Gasteiger charge is -2.20. The fourth-order valence-corrected chi connectivity index (χ4v) is 1.18. The largest absolute Gasteiger partial charge is 0.397 e. The summed E-state index contributed by atoms with van der Waals surface area (Å²) in [5.74, 6) is -0.716. The molecule has 0 fully saturated rings. The van der Waals surface area contributed by atoms with E-state index in [0.29, 0.717) is 11.5 Å². The van der Waals surface area contributed by atoms with Crippen LogP contribution in [0.3, 0.4) is 0 Å². The summed E-state index contributed by atoms with van der Waals surface area (Å²) in [5, 5.41) is 0. The van der Waals surface area contributed by atoms with Crippen LogP contribution in [0.4, 0.5) is 11.5 Å². The van der Waals surface area contributed by atoms with E-state index in [0.717, 1.165) is 0 Å². The summed E-state index contributed by atoms with van der Waals surface area (Å²) in [6, 6.07) is 3.19. The van der Waals surface area contributed by atoms with E-state index in [4.69, 9.17) is 17.2 Å². The summed E-state index contributed by atoms with van der Waals surface area (Å²) in [5.41, 5.74) is 16.1. The van der Waals surface area contributed by atoms with Crippen molar-refractivity contribution in [3.8, 4) is 0 Å². The van der Waals surface area contributed by atoms with Crippen LogP contribution in [0.25, 0.3) is 0 Å². The quantitative estimate of drug-likeness (QED) is 0.556. The number of anilines is 2. The minimum absolute atomic E-state index is 0.125. The number of rotatable bonds is 5. The summed E-state index contributed by atoms with van der Waals surface area (Å²) in [7, 11) is 0. The second-order valence-corrected chi connectivity index (χ2v) is 3.24. The van der Waals surface area contributed by atoms with Gasteiger partial charge in [0.25, 0.3) is 0 Å². The zero-order chi connectivity index (χ0) is 12.1. The van der Waals surface area contributed by atoms with E-state index in [-0.39, 0.29) is 13.1 Å². The summed E-state index contributed by atoms with van der Waals surface area (Å²) < 4.78 is 0. The van der Waals surface area contributed by atoms with Gasteiger partial charge in [-0.15, -0.1) is 0 Å². The second kappa shape index (κ2) is 4.96. The van der Waals surface area contributed by atoms with Crippen molar-refractivity contribution >= 4 is 23.3 Å². The average Bonchev–Trinajstić information content (AvgIpc) is 2.16. The van der Waals surface area contributed by atoms with Crippen LogP contribution in [0, 0.1) is 0 Å². The van der Waals surface area contributed by atoms with Crippen LogP contribution in [0.2, 0.25) is 0 Å². The van der Waals surface area contributed by atoms with Crippen molar-refractivity contribution in [2.45, 2.75) is 0 Å². The summed E-state index contributed by atoms with van der Waals surface area (Å²) in [6.07, 6.45) is 1.42. The third-order valence-corrected chi connectivity index (χ3v) is 1.79. The highest BCUT2D eigenvalue weighted by Crippen LogP contribution is 2.11. The molecule has 1 rings (SSSR count). The van der Waals surface area contributed by atoms with E-state index in [1.54, 1.807) is 12.1 Å². The normalized spacial score (nSPS) is 9.75. The molecule has 86 valence electrons. The topological polar surface area (TPSA) is 128 Å².